The Kier molecular flexibility index (Phi) is 5.87. The highest BCUT2D eigenvalue weighted by Gasteiger charge is 2.33. The Balaban J connectivity index is 0.00000176. The fraction of sp³-hybridized carbons (Fsp3) is 0.611. The second-order valence-corrected chi connectivity index (χ2v) is 6.66. The molecule has 1 aromatic rings. The van der Waals surface area contributed by atoms with Crippen molar-refractivity contribution in [1.29, 1.82) is 0 Å². The summed E-state index contributed by atoms with van der Waals surface area (Å²) in [5.74, 6) is 1.72. The van der Waals surface area contributed by atoms with E-state index >= 15 is 0 Å². The number of likely N-dealkylation sites (tertiary alicyclic amines) is 1. The van der Waals surface area contributed by atoms with Crippen molar-refractivity contribution < 1.29 is 4.79 Å². The van der Waals surface area contributed by atoms with Gasteiger partial charge in [0.15, 0.2) is 0 Å². The second kappa shape index (κ2) is 7.47. The molecule has 1 amide bonds. The van der Waals surface area contributed by atoms with Crippen LogP contribution in [0.4, 0.5) is 0 Å². The molecule has 1 unspecified atom stereocenters. The minimum Gasteiger partial charge on any atom is -0.342 e. The van der Waals surface area contributed by atoms with E-state index in [4.69, 9.17) is 0 Å². The van der Waals surface area contributed by atoms with E-state index in [1.165, 1.54) is 11.1 Å². The summed E-state index contributed by atoms with van der Waals surface area (Å²) in [6, 6.07) is 8.68. The predicted octanol–water partition coefficient (Wildman–Crippen LogP) is 2.98. The number of halogens is 1. The Morgan fingerprint density at radius 1 is 1.23 bits per heavy atom. The lowest BCUT2D eigenvalue weighted by atomic mass is 9.84. The van der Waals surface area contributed by atoms with Gasteiger partial charge < -0.3 is 10.2 Å². The van der Waals surface area contributed by atoms with Crippen molar-refractivity contribution in [2.24, 2.45) is 11.8 Å². The first-order valence-corrected chi connectivity index (χ1v) is 8.22. The molecular formula is C18H27ClN2O. The Labute approximate surface area is 139 Å². The maximum absolute atomic E-state index is 12.5. The van der Waals surface area contributed by atoms with Gasteiger partial charge in [-0.05, 0) is 55.8 Å². The van der Waals surface area contributed by atoms with Crippen molar-refractivity contribution in [3.05, 3.63) is 35.4 Å². The highest BCUT2D eigenvalue weighted by molar-refractivity contribution is 5.85. The zero-order chi connectivity index (χ0) is 14.8. The molecule has 0 saturated carbocycles. The maximum Gasteiger partial charge on any atom is 0.225 e. The molecule has 4 heteroatoms. The van der Waals surface area contributed by atoms with Crippen LogP contribution in [0.3, 0.4) is 0 Å². The van der Waals surface area contributed by atoms with E-state index < -0.39 is 0 Å². The third kappa shape index (κ3) is 3.47. The lowest BCUT2D eigenvalue weighted by Gasteiger charge is -2.38. The van der Waals surface area contributed by atoms with Gasteiger partial charge in [-0.2, -0.15) is 0 Å². The topological polar surface area (TPSA) is 32.3 Å². The van der Waals surface area contributed by atoms with Crippen molar-refractivity contribution in [1.82, 2.24) is 10.2 Å². The Bertz CT molecular complexity index is 508. The number of carbonyl (C=O) groups excluding carboxylic acids is 1. The lowest BCUT2D eigenvalue weighted by Crippen LogP contribution is -2.51. The van der Waals surface area contributed by atoms with Crippen LogP contribution in [0.1, 0.15) is 36.8 Å². The second-order valence-electron chi connectivity index (χ2n) is 6.66. The molecule has 2 saturated heterocycles. The van der Waals surface area contributed by atoms with Gasteiger partial charge in [-0.25, -0.2) is 0 Å². The summed E-state index contributed by atoms with van der Waals surface area (Å²) in [6.45, 7) is 8.14. The van der Waals surface area contributed by atoms with Crippen molar-refractivity contribution >= 4 is 18.3 Å². The summed E-state index contributed by atoms with van der Waals surface area (Å²) < 4.78 is 0. The number of rotatable bonds is 3. The zero-order valence-electron chi connectivity index (χ0n) is 13.5. The van der Waals surface area contributed by atoms with Gasteiger partial charge >= 0.3 is 0 Å². The molecule has 0 bridgehead atoms. The van der Waals surface area contributed by atoms with Gasteiger partial charge in [-0.3, -0.25) is 4.79 Å². The third-order valence-electron chi connectivity index (χ3n) is 5.34. The van der Waals surface area contributed by atoms with Crippen LogP contribution in [0.25, 0.3) is 0 Å². The average molecular weight is 323 g/mol. The van der Waals surface area contributed by atoms with E-state index in [1.807, 2.05) is 0 Å². The smallest absolute Gasteiger partial charge is 0.225 e. The zero-order valence-corrected chi connectivity index (χ0v) is 14.4. The largest absolute Gasteiger partial charge is 0.342 e. The molecule has 0 aromatic heterocycles. The van der Waals surface area contributed by atoms with Crippen molar-refractivity contribution in [3.63, 3.8) is 0 Å². The summed E-state index contributed by atoms with van der Waals surface area (Å²) in [5, 5.41) is 3.26. The number of amides is 1. The molecule has 0 aliphatic carbocycles. The van der Waals surface area contributed by atoms with E-state index in [1.54, 1.807) is 0 Å². The van der Waals surface area contributed by atoms with Crippen LogP contribution in [0.5, 0.6) is 0 Å². The third-order valence-corrected chi connectivity index (χ3v) is 5.34. The molecule has 2 heterocycles. The Morgan fingerprint density at radius 2 is 1.86 bits per heavy atom. The van der Waals surface area contributed by atoms with Gasteiger partial charge in [0.05, 0.1) is 0 Å². The van der Waals surface area contributed by atoms with Gasteiger partial charge in [0.25, 0.3) is 0 Å². The van der Waals surface area contributed by atoms with E-state index in [0.29, 0.717) is 17.7 Å². The number of hydrogen-bond acceptors (Lipinski definition) is 2. The number of piperidine rings is 1. The van der Waals surface area contributed by atoms with Crippen LogP contribution in [0, 0.1) is 18.8 Å². The highest BCUT2D eigenvalue weighted by atomic mass is 35.5. The van der Waals surface area contributed by atoms with E-state index in [2.05, 4.69) is 48.3 Å². The number of aryl methyl sites for hydroxylation is 1. The first kappa shape index (κ1) is 17.3. The first-order chi connectivity index (χ1) is 10.2. The maximum atomic E-state index is 12.5. The van der Waals surface area contributed by atoms with Crippen LogP contribution in [-0.4, -0.2) is 37.0 Å². The summed E-state index contributed by atoms with van der Waals surface area (Å²) in [6.07, 6.45) is 2.21. The number of carbonyl (C=O) groups is 1. The summed E-state index contributed by atoms with van der Waals surface area (Å²) >= 11 is 0. The summed E-state index contributed by atoms with van der Waals surface area (Å²) in [4.78, 5) is 14.6. The number of nitrogens with one attached hydrogen (secondary N) is 1. The fourth-order valence-electron chi connectivity index (χ4n) is 3.61. The molecule has 3 rings (SSSR count). The van der Waals surface area contributed by atoms with Crippen LogP contribution in [0.2, 0.25) is 0 Å². The highest BCUT2D eigenvalue weighted by Crippen LogP contribution is 2.31. The molecular weight excluding hydrogens is 296 g/mol. The molecule has 122 valence electrons. The number of nitrogens with zero attached hydrogens (tertiary/aromatic N) is 1. The van der Waals surface area contributed by atoms with Crippen LogP contribution in [0.15, 0.2) is 24.3 Å². The van der Waals surface area contributed by atoms with Crippen LogP contribution >= 0.6 is 12.4 Å². The van der Waals surface area contributed by atoms with Crippen molar-refractivity contribution in [2.75, 3.05) is 26.2 Å². The normalized spacial score (nSPS) is 20.9. The Hall–Kier alpha value is -1.06. The molecule has 1 atom stereocenters. The molecule has 3 nitrogen and oxygen atoms in total. The minimum absolute atomic E-state index is 0. The van der Waals surface area contributed by atoms with E-state index in [0.717, 1.165) is 39.0 Å². The molecule has 1 N–H and O–H groups in total. The Morgan fingerprint density at radius 3 is 2.41 bits per heavy atom. The predicted molar refractivity (Wildman–Crippen MR) is 92.5 cm³/mol. The van der Waals surface area contributed by atoms with Crippen molar-refractivity contribution in [2.45, 2.75) is 32.6 Å². The summed E-state index contributed by atoms with van der Waals surface area (Å²) in [7, 11) is 0. The molecule has 22 heavy (non-hydrogen) atoms. The minimum atomic E-state index is 0. The molecule has 2 fully saturated rings. The lowest BCUT2D eigenvalue weighted by molar-refractivity contribution is -0.138. The number of benzene rings is 1. The van der Waals surface area contributed by atoms with Crippen LogP contribution in [-0.2, 0) is 4.79 Å². The number of hydrogen-bond donors (Lipinski definition) is 1. The first-order valence-electron chi connectivity index (χ1n) is 8.22. The fourth-order valence-corrected chi connectivity index (χ4v) is 3.61. The van der Waals surface area contributed by atoms with Gasteiger partial charge in [-0.1, -0.05) is 31.2 Å². The van der Waals surface area contributed by atoms with Crippen molar-refractivity contribution in [3.8, 4) is 0 Å². The SMILES string of the molecule is Cc1ccccc1C1CCN(C(=O)C(C)C2CNC2)CC1.Cl. The molecule has 0 spiro atoms. The van der Waals surface area contributed by atoms with Crippen LogP contribution < -0.4 is 5.32 Å². The monoisotopic (exact) mass is 322 g/mol. The molecule has 2 aliphatic rings. The van der Waals surface area contributed by atoms with Gasteiger partial charge in [0.2, 0.25) is 5.91 Å². The quantitative estimate of drug-likeness (QED) is 0.928. The standard InChI is InChI=1S/C18H26N2O.ClH/c1-13-5-3-4-6-17(13)15-7-9-20(10-8-15)18(21)14(2)16-11-19-12-16;/h3-6,14-16,19H,7-12H2,1-2H3;1H. The van der Waals surface area contributed by atoms with Gasteiger partial charge in [0.1, 0.15) is 0 Å². The van der Waals surface area contributed by atoms with E-state index in [9.17, 15) is 4.79 Å². The van der Waals surface area contributed by atoms with Gasteiger partial charge in [0, 0.05) is 19.0 Å². The summed E-state index contributed by atoms with van der Waals surface area (Å²) in [5.41, 5.74) is 2.86. The van der Waals surface area contributed by atoms with E-state index in [-0.39, 0.29) is 18.3 Å². The molecule has 0 radical (unpaired) electrons. The molecule has 1 aromatic carbocycles. The average Bonchev–Trinajstić information content (AvgIpc) is 2.45. The van der Waals surface area contributed by atoms with Gasteiger partial charge in [-0.15, -0.1) is 12.4 Å². The molecule has 2 aliphatic heterocycles.